The van der Waals surface area contributed by atoms with Crippen LogP contribution in [-0.2, 0) is 0 Å². The topological polar surface area (TPSA) is 72.0 Å². The molecule has 0 fully saturated rings. The number of rotatable bonds is 2. The van der Waals surface area contributed by atoms with Gasteiger partial charge in [-0.25, -0.2) is 9.97 Å². The predicted molar refractivity (Wildman–Crippen MR) is 36.0 cm³/mol. The monoisotopic (exact) mass is 139 g/mol. The number of aromatic nitrogens is 2. The molecule has 4 nitrogen and oxygen atoms in total. The van der Waals surface area contributed by atoms with E-state index in [9.17, 15) is 0 Å². The molecule has 0 aromatic carbocycles. The van der Waals surface area contributed by atoms with Crippen LogP contribution >= 0.6 is 0 Å². The van der Waals surface area contributed by atoms with Gasteiger partial charge in [-0.05, 0) is 0 Å². The number of nitrogens with zero attached hydrogens (tertiary/aromatic N) is 2. The van der Waals surface area contributed by atoms with E-state index >= 15 is 0 Å². The van der Waals surface area contributed by atoms with Crippen molar-refractivity contribution in [2.45, 2.75) is 6.10 Å². The number of aliphatic hydroxyl groups is 1. The average molecular weight is 139 g/mol. The molecule has 3 N–H and O–H groups in total. The summed E-state index contributed by atoms with van der Waals surface area (Å²) in [6, 6.07) is 0. The molecule has 1 atom stereocenters. The van der Waals surface area contributed by atoms with E-state index in [1.807, 2.05) is 0 Å². The van der Waals surface area contributed by atoms with Crippen LogP contribution in [0.4, 0.5) is 0 Å². The lowest BCUT2D eigenvalue weighted by molar-refractivity contribution is 0.186. The van der Waals surface area contributed by atoms with Crippen LogP contribution in [0.3, 0.4) is 0 Å². The van der Waals surface area contributed by atoms with Crippen molar-refractivity contribution in [1.82, 2.24) is 9.97 Å². The number of hydrogen-bond donors (Lipinski definition) is 2. The molecule has 0 saturated carbocycles. The second kappa shape index (κ2) is 3.24. The third-order valence-electron chi connectivity index (χ3n) is 1.19. The molecule has 1 rings (SSSR count). The minimum Gasteiger partial charge on any atom is -0.387 e. The van der Waals surface area contributed by atoms with Gasteiger partial charge in [0.2, 0.25) is 0 Å². The van der Waals surface area contributed by atoms with Gasteiger partial charge in [0.05, 0.1) is 6.10 Å². The maximum absolute atomic E-state index is 9.12. The fourth-order valence-corrected chi connectivity index (χ4v) is 0.619. The van der Waals surface area contributed by atoms with E-state index in [0.29, 0.717) is 5.56 Å². The summed E-state index contributed by atoms with van der Waals surface area (Å²) in [7, 11) is 0. The summed E-state index contributed by atoms with van der Waals surface area (Å²) in [5.74, 6) is 0. The molecule has 1 heterocycles. The molecule has 0 aliphatic carbocycles. The largest absolute Gasteiger partial charge is 0.387 e. The van der Waals surface area contributed by atoms with E-state index in [1.165, 1.54) is 6.33 Å². The second-order valence-electron chi connectivity index (χ2n) is 1.92. The first-order chi connectivity index (χ1) is 4.84. The highest BCUT2D eigenvalue weighted by molar-refractivity contribution is 5.06. The van der Waals surface area contributed by atoms with Gasteiger partial charge < -0.3 is 10.8 Å². The Morgan fingerprint density at radius 2 is 2.10 bits per heavy atom. The lowest BCUT2D eigenvalue weighted by atomic mass is 10.2. The first-order valence-electron chi connectivity index (χ1n) is 2.97. The van der Waals surface area contributed by atoms with Crippen LogP contribution in [0.1, 0.15) is 11.7 Å². The molecule has 0 aliphatic rings. The van der Waals surface area contributed by atoms with Crippen molar-refractivity contribution in [3.8, 4) is 0 Å². The Hall–Kier alpha value is -1.00. The summed E-state index contributed by atoms with van der Waals surface area (Å²) in [5, 5.41) is 9.12. The highest BCUT2D eigenvalue weighted by Crippen LogP contribution is 2.05. The van der Waals surface area contributed by atoms with Crippen molar-refractivity contribution in [1.29, 1.82) is 0 Å². The van der Waals surface area contributed by atoms with E-state index in [2.05, 4.69) is 9.97 Å². The van der Waals surface area contributed by atoms with Gasteiger partial charge in [-0.2, -0.15) is 0 Å². The van der Waals surface area contributed by atoms with Crippen molar-refractivity contribution in [3.05, 3.63) is 24.3 Å². The normalized spacial score (nSPS) is 13.0. The molecule has 0 unspecified atom stereocenters. The maximum Gasteiger partial charge on any atom is 0.115 e. The van der Waals surface area contributed by atoms with Crippen LogP contribution in [0.25, 0.3) is 0 Å². The quantitative estimate of drug-likeness (QED) is 0.577. The van der Waals surface area contributed by atoms with Crippen molar-refractivity contribution < 1.29 is 5.11 Å². The molecule has 0 radical (unpaired) electrons. The Labute approximate surface area is 58.7 Å². The fraction of sp³-hybridized carbons (Fsp3) is 0.333. The number of nitrogens with two attached hydrogens (primary N) is 1. The zero-order valence-corrected chi connectivity index (χ0v) is 5.44. The van der Waals surface area contributed by atoms with Crippen LogP contribution < -0.4 is 5.73 Å². The lowest BCUT2D eigenvalue weighted by Crippen LogP contribution is -2.11. The van der Waals surface area contributed by atoms with Gasteiger partial charge in [-0.3, -0.25) is 0 Å². The molecule has 1 aromatic rings. The van der Waals surface area contributed by atoms with Gasteiger partial charge in [0.1, 0.15) is 6.33 Å². The van der Waals surface area contributed by atoms with Gasteiger partial charge in [-0.1, -0.05) is 0 Å². The molecule has 0 saturated heterocycles. The summed E-state index contributed by atoms with van der Waals surface area (Å²) in [4.78, 5) is 7.45. The van der Waals surface area contributed by atoms with Crippen molar-refractivity contribution >= 4 is 0 Å². The molecular weight excluding hydrogens is 130 g/mol. The van der Waals surface area contributed by atoms with Gasteiger partial charge in [0.15, 0.2) is 0 Å². The van der Waals surface area contributed by atoms with Gasteiger partial charge in [0.25, 0.3) is 0 Å². The molecular formula is C6H9N3O. The Kier molecular flexibility index (Phi) is 2.30. The lowest BCUT2D eigenvalue weighted by Gasteiger charge is -2.04. The SMILES string of the molecule is NC[C@H](O)c1cncnc1. The molecule has 0 bridgehead atoms. The Bertz CT molecular complexity index is 189. The highest BCUT2D eigenvalue weighted by Gasteiger charge is 2.02. The van der Waals surface area contributed by atoms with E-state index in [-0.39, 0.29) is 6.54 Å². The number of aliphatic hydroxyl groups excluding tert-OH is 1. The molecule has 4 heteroatoms. The zero-order valence-electron chi connectivity index (χ0n) is 5.44. The highest BCUT2D eigenvalue weighted by atomic mass is 16.3. The van der Waals surface area contributed by atoms with Crippen molar-refractivity contribution in [3.63, 3.8) is 0 Å². The first-order valence-corrected chi connectivity index (χ1v) is 2.97. The Balaban J connectivity index is 2.75. The number of hydrogen-bond acceptors (Lipinski definition) is 4. The Morgan fingerprint density at radius 3 is 2.60 bits per heavy atom. The summed E-state index contributed by atoms with van der Waals surface area (Å²) in [5.41, 5.74) is 5.86. The van der Waals surface area contributed by atoms with Crippen LogP contribution in [0.5, 0.6) is 0 Å². The molecule has 0 spiro atoms. The fourth-order valence-electron chi connectivity index (χ4n) is 0.619. The van der Waals surface area contributed by atoms with Crippen LogP contribution in [-0.4, -0.2) is 21.6 Å². The van der Waals surface area contributed by atoms with Gasteiger partial charge in [-0.15, -0.1) is 0 Å². The summed E-state index contributed by atoms with van der Waals surface area (Å²) in [6.45, 7) is 0.202. The predicted octanol–water partition coefficient (Wildman–Crippen LogP) is -0.531. The minimum atomic E-state index is -0.638. The summed E-state index contributed by atoms with van der Waals surface area (Å²) in [6.07, 6.45) is 3.86. The molecule has 0 amide bonds. The van der Waals surface area contributed by atoms with Gasteiger partial charge >= 0.3 is 0 Å². The third-order valence-corrected chi connectivity index (χ3v) is 1.19. The standard InChI is InChI=1S/C6H9N3O/c7-1-6(10)5-2-8-4-9-3-5/h2-4,6,10H,1,7H2/t6-/m0/s1. The zero-order chi connectivity index (χ0) is 7.40. The molecule has 10 heavy (non-hydrogen) atoms. The average Bonchev–Trinajstić information content (AvgIpc) is 2.05. The minimum absolute atomic E-state index is 0.202. The third kappa shape index (κ3) is 1.49. The summed E-state index contributed by atoms with van der Waals surface area (Å²) >= 11 is 0. The van der Waals surface area contributed by atoms with Crippen molar-refractivity contribution in [2.24, 2.45) is 5.73 Å². The van der Waals surface area contributed by atoms with E-state index in [1.54, 1.807) is 12.4 Å². The van der Waals surface area contributed by atoms with Gasteiger partial charge in [0, 0.05) is 24.5 Å². The Morgan fingerprint density at radius 1 is 1.50 bits per heavy atom. The molecule has 1 aromatic heterocycles. The summed E-state index contributed by atoms with van der Waals surface area (Å²) < 4.78 is 0. The second-order valence-corrected chi connectivity index (χ2v) is 1.92. The first kappa shape index (κ1) is 7.11. The van der Waals surface area contributed by atoms with E-state index < -0.39 is 6.10 Å². The van der Waals surface area contributed by atoms with Crippen LogP contribution in [0.15, 0.2) is 18.7 Å². The smallest absolute Gasteiger partial charge is 0.115 e. The molecule has 0 aliphatic heterocycles. The van der Waals surface area contributed by atoms with E-state index in [4.69, 9.17) is 10.8 Å². The molecule has 54 valence electrons. The van der Waals surface area contributed by atoms with Crippen LogP contribution in [0, 0.1) is 0 Å². The van der Waals surface area contributed by atoms with Crippen LogP contribution in [0.2, 0.25) is 0 Å². The van der Waals surface area contributed by atoms with Crippen molar-refractivity contribution in [2.75, 3.05) is 6.54 Å². The maximum atomic E-state index is 9.12. The van der Waals surface area contributed by atoms with E-state index in [0.717, 1.165) is 0 Å².